The van der Waals surface area contributed by atoms with E-state index in [2.05, 4.69) is 21.5 Å². The Morgan fingerprint density at radius 1 is 1.08 bits per heavy atom. The van der Waals surface area contributed by atoms with Crippen molar-refractivity contribution in [2.75, 3.05) is 19.5 Å². The summed E-state index contributed by atoms with van der Waals surface area (Å²) in [7, 11) is 3.14. The van der Waals surface area contributed by atoms with E-state index in [0.717, 1.165) is 16.8 Å². The van der Waals surface area contributed by atoms with E-state index in [0.29, 0.717) is 23.2 Å². The molecule has 26 heavy (non-hydrogen) atoms. The molecule has 1 aromatic heterocycles. The summed E-state index contributed by atoms with van der Waals surface area (Å²) in [5, 5.41) is 16.6. The van der Waals surface area contributed by atoms with Gasteiger partial charge in [0.1, 0.15) is 6.04 Å². The second-order valence-electron chi connectivity index (χ2n) is 5.54. The Morgan fingerprint density at radius 3 is 2.38 bits per heavy atom. The van der Waals surface area contributed by atoms with E-state index >= 15 is 0 Å². The number of hydrogen-bond acceptors (Lipinski definition) is 7. The minimum absolute atomic E-state index is 0.514. The number of aromatic nitrogens is 2. The van der Waals surface area contributed by atoms with Crippen LogP contribution in [0.15, 0.2) is 47.0 Å². The fourth-order valence-electron chi connectivity index (χ4n) is 2.52. The molecule has 0 aliphatic carbocycles. The van der Waals surface area contributed by atoms with Gasteiger partial charge in [0.05, 0.1) is 20.3 Å². The van der Waals surface area contributed by atoms with Crippen molar-refractivity contribution < 1.29 is 14.0 Å². The zero-order chi connectivity index (χ0) is 18.5. The molecular weight excluding hydrogens is 332 g/mol. The number of methoxy groups -OCH3 is 2. The lowest BCUT2D eigenvalue weighted by atomic mass is 10.1. The molecule has 0 radical (unpaired) electrons. The smallest absolute Gasteiger partial charge is 0.223 e. The third kappa shape index (κ3) is 3.59. The van der Waals surface area contributed by atoms with E-state index in [-0.39, 0.29) is 0 Å². The maximum atomic E-state index is 9.55. The highest BCUT2D eigenvalue weighted by Gasteiger charge is 2.14. The molecule has 3 rings (SSSR count). The van der Waals surface area contributed by atoms with Gasteiger partial charge in [0, 0.05) is 18.2 Å². The summed E-state index contributed by atoms with van der Waals surface area (Å²) in [6, 6.07) is 14.6. The zero-order valence-corrected chi connectivity index (χ0v) is 14.7. The Balaban J connectivity index is 1.79. The Labute approximate surface area is 151 Å². The van der Waals surface area contributed by atoms with Crippen molar-refractivity contribution in [3.05, 3.63) is 53.9 Å². The summed E-state index contributed by atoms with van der Waals surface area (Å²) in [5.41, 5.74) is 2.42. The van der Waals surface area contributed by atoms with Gasteiger partial charge in [-0.1, -0.05) is 11.2 Å². The van der Waals surface area contributed by atoms with Crippen molar-refractivity contribution >= 4 is 5.69 Å². The Bertz CT molecular complexity index is 929. The Kier molecular flexibility index (Phi) is 5.04. The molecule has 0 aliphatic rings. The van der Waals surface area contributed by atoms with Crippen LogP contribution in [0, 0.1) is 18.3 Å². The molecule has 3 aromatic rings. The highest BCUT2D eigenvalue weighted by Crippen LogP contribution is 2.31. The van der Waals surface area contributed by atoms with Crippen LogP contribution in [0.3, 0.4) is 0 Å². The van der Waals surface area contributed by atoms with Crippen molar-refractivity contribution in [2.24, 2.45) is 0 Å². The van der Waals surface area contributed by atoms with Gasteiger partial charge in [0.2, 0.25) is 11.7 Å². The fourth-order valence-corrected chi connectivity index (χ4v) is 2.52. The summed E-state index contributed by atoms with van der Waals surface area (Å²) in [6.45, 7) is 1.74. The molecule has 7 heteroatoms. The third-order valence-corrected chi connectivity index (χ3v) is 3.85. The van der Waals surface area contributed by atoms with Crippen LogP contribution in [0.1, 0.15) is 17.5 Å². The molecule has 0 saturated heterocycles. The molecule has 2 aromatic carbocycles. The minimum atomic E-state index is -0.534. The van der Waals surface area contributed by atoms with Gasteiger partial charge in [0.25, 0.3) is 0 Å². The van der Waals surface area contributed by atoms with Crippen molar-refractivity contribution in [2.45, 2.75) is 13.0 Å². The normalized spacial score (nSPS) is 11.5. The molecule has 132 valence electrons. The monoisotopic (exact) mass is 350 g/mol. The number of aryl methyl sites for hydroxylation is 1. The first-order chi connectivity index (χ1) is 12.6. The number of nitrogens with one attached hydrogen (secondary N) is 1. The van der Waals surface area contributed by atoms with Crippen molar-refractivity contribution in [3.8, 4) is 29.0 Å². The van der Waals surface area contributed by atoms with E-state index in [9.17, 15) is 5.26 Å². The molecule has 0 spiro atoms. The number of rotatable bonds is 6. The maximum Gasteiger partial charge on any atom is 0.223 e. The maximum absolute atomic E-state index is 9.55. The van der Waals surface area contributed by atoms with Crippen molar-refractivity contribution in [1.82, 2.24) is 10.1 Å². The van der Waals surface area contributed by atoms with Gasteiger partial charge in [-0.2, -0.15) is 10.2 Å². The number of benzene rings is 2. The van der Waals surface area contributed by atoms with E-state index in [1.54, 1.807) is 33.3 Å². The average Bonchev–Trinajstić information content (AvgIpc) is 3.12. The molecule has 1 atom stereocenters. The van der Waals surface area contributed by atoms with E-state index in [1.807, 2.05) is 30.3 Å². The quantitative estimate of drug-likeness (QED) is 0.724. The molecular formula is C19H18N4O3. The summed E-state index contributed by atoms with van der Waals surface area (Å²) >= 11 is 0. The second kappa shape index (κ2) is 7.57. The summed E-state index contributed by atoms with van der Waals surface area (Å²) in [4.78, 5) is 4.19. The first kappa shape index (κ1) is 17.3. The number of anilines is 1. The lowest BCUT2D eigenvalue weighted by molar-refractivity contribution is 0.354. The van der Waals surface area contributed by atoms with Gasteiger partial charge < -0.3 is 19.3 Å². The number of hydrogen-bond donors (Lipinski definition) is 1. The summed E-state index contributed by atoms with van der Waals surface area (Å²) in [6.07, 6.45) is 0. The fraction of sp³-hybridized carbons (Fsp3) is 0.211. The number of nitriles is 1. The van der Waals surface area contributed by atoms with Crippen LogP contribution in [0.2, 0.25) is 0 Å². The number of nitrogens with zero attached hydrogens (tertiary/aromatic N) is 3. The summed E-state index contributed by atoms with van der Waals surface area (Å²) in [5.74, 6) is 2.24. The van der Waals surface area contributed by atoms with Crippen LogP contribution in [0.4, 0.5) is 5.69 Å². The van der Waals surface area contributed by atoms with Crippen LogP contribution < -0.4 is 14.8 Å². The van der Waals surface area contributed by atoms with Gasteiger partial charge in [-0.15, -0.1) is 0 Å². The molecule has 0 amide bonds. The Morgan fingerprint density at radius 2 is 1.81 bits per heavy atom. The van der Waals surface area contributed by atoms with E-state index < -0.39 is 6.04 Å². The zero-order valence-electron chi connectivity index (χ0n) is 14.7. The van der Waals surface area contributed by atoms with Crippen LogP contribution in [0.25, 0.3) is 11.4 Å². The second-order valence-corrected chi connectivity index (χ2v) is 5.54. The van der Waals surface area contributed by atoms with Crippen molar-refractivity contribution in [1.29, 1.82) is 5.26 Å². The number of ether oxygens (including phenoxy) is 2. The van der Waals surface area contributed by atoms with Gasteiger partial charge in [-0.25, -0.2) is 0 Å². The molecule has 1 unspecified atom stereocenters. The average molecular weight is 350 g/mol. The Hall–Kier alpha value is -3.53. The van der Waals surface area contributed by atoms with Gasteiger partial charge in [0.15, 0.2) is 11.5 Å². The van der Waals surface area contributed by atoms with Crippen molar-refractivity contribution in [3.63, 3.8) is 0 Å². The predicted molar refractivity (Wildman–Crippen MR) is 96.0 cm³/mol. The molecule has 0 fully saturated rings. The molecule has 0 aliphatic heterocycles. The van der Waals surface area contributed by atoms with Gasteiger partial charge >= 0.3 is 0 Å². The first-order valence-corrected chi connectivity index (χ1v) is 7.93. The lowest BCUT2D eigenvalue weighted by Crippen LogP contribution is -2.08. The van der Waals surface area contributed by atoms with Gasteiger partial charge in [-0.3, -0.25) is 0 Å². The van der Waals surface area contributed by atoms with Gasteiger partial charge in [-0.05, 0) is 42.0 Å². The molecule has 0 bridgehead atoms. The lowest BCUT2D eigenvalue weighted by Gasteiger charge is -2.15. The van der Waals surface area contributed by atoms with E-state index in [4.69, 9.17) is 14.0 Å². The topological polar surface area (TPSA) is 93.2 Å². The largest absolute Gasteiger partial charge is 0.493 e. The van der Waals surface area contributed by atoms with Crippen LogP contribution in [-0.4, -0.2) is 24.4 Å². The standard InChI is InChI=1S/C19H18N4O3/c1-12-21-19(23-26-12)13-4-7-15(8-5-13)22-16(11-20)14-6-9-17(24-2)18(10-14)25-3/h4-10,16,22H,1-3H3. The highest BCUT2D eigenvalue weighted by molar-refractivity contribution is 5.60. The SMILES string of the molecule is COc1ccc(C(C#N)Nc2ccc(-c3noc(C)n3)cc2)cc1OC. The van der Waals surface area contributed by atoms with E-state index in [1.165, 1.54) is 0 Å². The van der Waals surface area contributed by atoms with Crippen LogP contribution in [0.5, 0.6) is 11.5 Å². The molecule has 0 saturated carbocycles. The van der Waals surface area contributed by atoms with Crippen LogP contribution in [-0.2, 0) is 0 Å². The minimum Gasteiger partial charge on any atom is -0.493 e. The predicted octanol–water partition coefficient (Wildman–Crippen LogP) is 3.74. The molecule has 7 nitrogen and oxygen atoms in total. The van der Waals surface area contributed by atoms with Crippen LogP contribution >= 0.6 is 0 Å². The molecule has 1 heterocycles. The summed E-state index contributed by atoms with van der Waals surface area (Å²) < 4.78 is 15.5. The third-order valence-electron chi connectivity index (χ3n) is 3.85. The molecule has 1 N–H and O–H groups in total. The first-order valence-electron chi connectivity index (χ1n) is 7.93. The highest BCUT2D eigenvalue weighted by atomic mass is 16.5.